The van der Waals surface area contributed by atoms with E-state index in [0.29, 0.717) is 12.3 Å². The molecule has 0 saturated carbocycles. The molecule has 0 atom stereocenters. The summed E-state index contributed by atoms with van der Waals surface area (Å²) >= 11 is 16.7. The minimum Gasteiger partial charge on any atom is -0.350 e. The molecule has 0 saturated heterocycles. The summed E-state index contributed by atoms with van der Waals surface area (Å²) in [7, 11) is 0. The van der Waals surface area contributed by atoms with Gasteiger partial charge in [-0.25, -0.2) is 14.4 Å². The third kappa shape index (κ3) is 1.43. The number of halogens is 3. The van der Waals surface area contributed by atoms with Gasteiger partial charge < -0.3 is 11.5 Å². The molecule has 2 heterocycles. The number of hydrogen-bond donors (Lipinski definition) is 1. The fourth-order valence-corrected chi connectivity index (χ4v) is 2.07. The Bertz CT molecular complexity index is 864. The quantitative estimate of drug-likeness (QED) is 0.569. The summed E-state index contributed by atoms with van der Waals surface area (Å²) in [6.07, 6.45) is 0. The Morgan fingerprint density at radius 3 is 2.11 bits per heavy atom. The fraction of sp³-hybridized carbons (Fsp3) is 0. The fourth-order valence-electron chi connectivity index (χ4n) is 1.30. The second-order valence-electron chi connectivity index (χ2n) is 2.93. The van der Waals surface area contributed by atoms with Gasteiger partial charge in [0.05, 0.1) is 0 Å². The van der Waals surface area contributed by atoms with Gasteiger partial charge in [-0.2, -0.15) is 12.3 Å². The van der Waals surface area contributed by atoms with E-state index in [1.54, 1.807) is 5.53 Å². The highest BCUT2D eigenvalue weighted by atomic mass is 35.5. The van der Waals surface area contributed by atoms with E-state index in [-0.39, 0.29) is 4.68 Å². The van der Waals surface area contributed by atoms with Crippen LogP contribution in [-0.2, 0) is 0 Å². The third-order valence-electron chi connectivity index (χ3n) is 2.03. The molecule has 18 heavy (non-hydrogen) atoms. The van der Waals surface area contributed by atoms with Crippen molar-refractivity contribution < 1.29 is 0 Å². The van der Waals surface area contributed by atoms with Crippen molar-refractivity contribution in [1.29, 1.82) is 0 Å². The number of aromatic nitrogens is 4. The van der Waals surface area contributed by atoms with Crippen LogP contribution < -0.4 is 22.5 Å². The average Bonchev–Trinajstić information content (AvgIpc) is 2.57. The monoisotopic (exact) mass is 310 g/mol. The minimum atomic E-state index is -1.10. The summed E-state index contributed by atoms with van der Waals surface area (Å²) in [6.45, 7) is 6.54. The smallest absolute Gasteiger partial charge is 0.350 e. The molecule has 0 radical (unpaired) electrons. The zero-order chi connectivity index (χ0) is 13.6. The molecule has 12 heteroatoms. The Balaban J connectivity index is 3.21. The average molecular weight is 311 g/mol. The highest BCUT2D eigenvalue weighted by Gasteiger charge is 2.25. The van der Waals surface area contributed by atoms with Crippen LogP contribution in [0.15, 0.2) is 14.4 Å². The van der Waals surface area contributed by atoms with E-state index >= 15 is 0 Å². The van der Waals surface area contributed by atoms with E-state index < -0.39 is 28.1 Å². The van der Waals surface area contributed by atoms with Gasteiger partial charge in [0.25, 0.3) is 0 Å². The first kappa shape index (κ1) is 12.6. The predicted molar refractivity (Wildman–Crippen MR) is 64.4 cm³/mol. The Kier molecular flexibility index (Phi) is 2.86. The molecule has 0 amide bonds. The Morgan fingerprint density at radius 1 is 1.00 bits per heavy atom. The number of hydrogen-bond acceptors (Lipinski definition) is 4. The molecular formula is C6HCl3N6O3. The van der Waals surface area contributed by atoms with Gasteiger partial charge >= 0.3 is 16.9 Å². The van der Waals surface area contributed by atoms with Gasteiger partial charge in [-0.3, -0.25) is 0 Å². The lowest BCUT2D eigenvalue weighted by Crippen LogP contribution is -2.41. The number of rotatable bonds is 1. The van der Waals surface area contributed by atoms with Gasteiger partial charge in [0, 0.05) is 35.3 Å². The van der Waals surface area contributed by atoms with E-state index in [0.717, 1.165) is 0 Å². The molecule has 9 nitrogen and oxygen atoms in total. The van der Waals surface area contributed by atoms with Crippen LogP contribution in [0.1, 0.15) is 0 Å². The largest absolute Gasteiger partial charge is 0.459 e. The summed E-state index contributed by atoms with van der Waals surface area (Å²) in [6, 6.07) is 0. The van der Waals surface area contributed by atoms with Crippen LogP contribution >= 0.6 is 35.3 Å². The van der Waals surface area contributed by atoms with E-state index in [2.05, 4.69) is 4.95 Å². The van der Waals surface area contributed by atoms with Crippen molar-refractivity contribution in [1.82, 2.24) is 16.9 Å². The van der Waals surface area contributed by atoms with Crippen LogP contribution in [-0.4, -0.2) is 16.9 Å². The molecule has 0 aromatic carbocycles. The van der Waals surface area contributed by atoms with Crippen LogP contribution in [0.25, 0.3) is 16.1 Å². The van der Waals surface area contributed by atoms with E-state index in [1.165, 1.54) is 0 Å². The van der Waals surface area contributed by atoms with Gasteiger partial charge in [0.1, 0.15) is 0 Å². The number of nitrogens with one attached hydrogen (secondary N) is 1. The molecule has 94 valence electrons. The lowest BCUT2D eigenvalue weighted by Gasteiger charge is -1.98. The molecule has 1 N–H and O–H groups in total. The lowest BCUT2D eigenvalue weighted by molar-refractivity contribution is 0.798. The maximum absolute atomic E-state index is 11.8. The molecule has 0 aliphatic rings. The van der Waals surface area contributed by atoms with Crippen molar-refractivity contribution in [3.8, 4) is 0 Å². The Hall–Kier alpha value is -1.89. The maximum Gasteiger partial charge on any atom is 0.459 e. The van der Waals surface area contributed by atoms with Crippen LogP contribution in [0.2, 0.25) is 0 Å². The summed E-state index contributed by atoms with van der Waals surface area (Å²) in [5, 5.41) is 0. The van der Waals surface area contributed by atoms with E-state index in [9.17, 15) is 14.4 Å². The molecule has 0 aliphatic heterocycles. The molecule has 0 unspecified atom stereocenters. The van der Waals surface area contributed by atoms with Gasteiger partial charge in [0.2, 0.25) is 0 Å². The number of imidazole rings is 1. The molecule has 0 bridgehead atoms. The highest BCUT2D eigenvalue weighted by Crippen LogP contribution is 2.10. The normalized spacial score (nSPS) is 10.6. The summed E-state index contributed by atoms with van der Waals surface area (Å²) < 4.78 is 1.49. The van der Waals surface area contributed by atoms with Gasteiger partial charge in [0.15, 0.2) is 11.2 Å². The minimum absolute atomic E-state index is 0.289. The highest BCUT2D eigenvalue weighted by molar-refractivity contribution is 6.25. The number of nitrogens with zero attached hydrogens (tertiary/aromatic N) is 5. The van der Waals surface area contributed by atoms with Crippen molar-refractivity contribution in [3.05, 3.63) is 42.8 Å². The zero-order valence-electron chi connectivity index (χ0n) is 8.09. The molecule has 2 rings (SSSR count). The summed E-state index contributed by atoms with van der Waals surface area (Å²) in [5.74, 6) is 0. The first-order valence-electron chi connectivity index (χ1n) is 4.08. The SMILES string of the molecule is [C-]#[N+]Nn1c(=O)c2c(n(Cl)c1=O)n(Cl)c(=O)n2Cl. The lowest BCUT2D eigenvalue weighted by atomic mass is 10.5. The second kappa shape index (κ2) is 4.09. The van der Waals surface area contributed by atoms with Crippen LogP contribution in [0, 0.1) is 6.57 Å². The topological polar surface area (TPSA) is 87.3 Å². The van der Waals surface area contributed by atoms with E-state index in [4.69, 9.17) is 41.9 Å². The molecule has 2 aromatic heterocycles. The van der Waals surface area contributed by atoms with Crippen molar-refractivity contribution >= 4 is 46.5 Å². The van der Waals surface area contributed by atoms with E-state index in [1.807, 2.05) is 0 Å². The zero-order valence-corrected chi connectivity index (χ0v) is 10.4. The van der Waals surface area contributed by atoms with Crippen LogP contribution in [0.3, 0.4) is 0 Å². The first-order chi connectivity index (χ1) is 8.41. The Morgan fingerprint density at radius 2 is 1.56 bits per heavy atom. The standard InChI is InChI=1S/C6HCl3N6O3/c1-10-11-15-4(16)2-3(14(9)6(15)18)13(8)5(17)12(2)7/h11H. The van der Waals surface area contributed by atoms with Gasteiger partial charge in [-0.05, 0) is 10.2 Å². The van der Waals surface area contributed by atoms with Crippen molar-refractivity contribution in [3.63, 3.8) is 0 Å². The summed E-state index contributed by atoms with van der Waals surface area (Å²) in [5.41, 5.74) is -2.15. The van der Waals surface area contributed by atoms with Crippen molar-refractivity contribution in [2.24, 2.45) is 0 Å². The molecule has 2 aromatic rings. The molecular weight excluding hydrogens is 310 g/mol. The molecule has 0 fully saturated rings. The predicted octanol–water partition coefficient (Wildman–Crippen LogP) is -0.490. The third-order valence-corrected chi connectivity index (χ3v) is 2.95. The molecule has 0 aliphatic carbocycles. The first-order valence-corrected chi connectivity index (χ1v) is 5.09. The van der Waals surface area contributed by atoms with Crippen molar-refractivity contribution in [2.45, 2.75) is 0 Å². The van der Waals surface area contributed by atoms with Crippen LogP contribution in [0.4, 0.5) is 0 Å². The van der Waals surface area contributed by atoms with Gasteiger partial charge in [-0.1, -0.05) is 0 Å². The maximum atomic E-state index is 11.8. The second-order valence-corrected chi connectivity index (χ2v) is 3.95. The number of fused-ring (bicyclic) bond motifs is 1. The van der Waals surface area contributed by atoms with Crippen LogP contribution in [0.5, 0.6) is 0 Å². The molecule has 0 spiro atoms. The van der Waals surface area contributed by atoms with Gasteiger partial charge in [-0.15, -0.1) is 0 Å². The summed E-state index contributed by atoms with van der Waals surface area (Å²) in [4.78, 5) is 37.6. The Labute approximate surface area is 112 Å². The van der Waals surface area contributed by atoms with Crippen molar-refractivity contribution in [2.75, 3.05) is 5.53 Å².